The molecule has 3 aromatic rings. The zero-order valence-electron chi connectivity index (χ0n) is 14.1. The van der Waals surface area contributed by atoms with E-state index in [-0.39, 0.29) is 24.1 Å². The number of ether oxygens (including phenoxy) is 1. The van der Waals surface area contributed by atoms with Crippen molar-refractivity contribution in [3.63, 3.8) is 0 Å². The van der Waals surface area contributed by atoms with Crippen LogP contribution in [0, 0.1) is 5.82 Å². The lowest BCUT2D eigenvalue weighted by atomic mass is 10.3. The number of rotatable bonds is 7. The molecule has 136 valence electrons. The molecule has 4 nitrogen and oxygen atoms in total. The third-order valence-corrected chi connectivity index (χ3v) is 4.93. The summed E-state index contributed by atoms with van der Waals surface area (Å²) in [5.74, 6) is 0.792. The number of hydrogen-bond acceptors (Lipinski definition) is 4. The van der Waals surface area contributed by atoms with Gasteiger partial charge in [0.1, 0.15) is 23.9 Å². The highest BCUT2D eigenvalue weighted by Gasteiger charge is 2.19. The molecule has 0 radical (unpaired) electrons. The molecule has 0 saturated carbocycles. The van der Waals surface area contributed by atoms with Crippen molar-refractivity contribution < 1.29 is 18.3 Å². The number of thiophene rings is 1. The van der Waals surface area contributed by atoms with E-state index in [1.807, 2.05) is 19.1 Å². The number of furan rings is 1. The van der Waals surface area contributed by atoms with E-state index in [4.69, 9.17) is 20.8 Å². The molecule has 7 heteroatoms. The second kappa shape index (κ2) is 8.38. The number of benzene rings is 1. The lowest BCUT2D eigenvalue weighted by molar-refractivity contribution is 0.0718. The molecule has 1 aromatic carbocycles. The number of hydrogen-bond donors (Lipinski definition) is 0. The Morgan fingerprint density at radius 1 is 1.19 bits per heavy atom. The quantitative estimate of drug-likeness (QED) is 0.541. The number of nitrogens with zero attached hydrogens (tertiary/aromatic N) is 1. The van der Waals surface area contributed by atoms with E-state index in [1.165, 1.54) is 35.6 Å². The Kier molecular flexibility index (Phi) is 5.96. The molecule has 0 spiro atoms. The van der Waals surface area contributed by atoms with Gasteiger partial charge in [0.2, 0.25) is 0 Å². The zero-order chi connectivity index (χ0) is 18.5. The maximum Gasteiger partial charge on any atom is 0.289 e. The minimum absolute atomic E-state index is 0.158. The lowest BCUT2D eigenvalue weighted by Gasteiger charge is -2.18. The van der Waals surface area contributed by atoms with Gasteiger partial charge in [0, 0.05) is 11.4 Å². The maximum atomic E-state index is 12.9. The van der Waals surface area contributed by atoms with Gasteiger partial charge in [-0.3, -0.25) is 4.79 Å². The van der Waals surface area contributed by atoms with E-state index < -0.39 is 0 Å². The minimum Gasteiger partial charge on any atom is -0.486 e. The molecule has 0 unspecified atom stereocenters. The normalized spacial score (nSPS) is 10.7. The molecule has 0 fully saturated rings. The molecule has 0 N–H and O–H groups in total. The second-order valence-corrected chi connectivity index (χ2v) is 7.33. The molecule has 0 aliphatic heterocycles. The number of carbonyl (C=O) groups excluding carboxylic acids is 1. The van der Waals surface area contributed by atoms with Gasteiger partial charge in [-0.25, -0.2) is 4.39 Å². The molecule has 0 atom stereocenters. The van der Waals surface area contributed by atoms with E-state index in [2.05, 4.69) is 0 Å². The first kappa shape index (κ1) is 18.5. The van der Waals surface area contributed by atoms with Crippen LogP contribution in [-0.4, -0.2) is 17.4 Å². The van der Waals surface area contributed by atoms with Crippen LogP contribution in [0.1, 0.15) is 28.1 Å². The van der Waals surface area contributed by atoms with Crippen molar-refractivity contribution in [2.75, 3.05) is 6.54 Å². The van der Waals surface area contributed by atoms with Crippen molar-refractivity contribution in [1.29, 1.82) is 0 Å². The predicted molar refractivity (Wildman–Crippen MR) is 99.2 cm³/mol. The van der Waals surface area contributed by atoms with Crippen molar-refractivity contribution >= 4 is 28.8 Å². The highest BCUT2D eigenvalue weighted by atomic mass is 35.5. The van der Waals surface area contributed by atoms with Crippen LogP contribution in [0.25, 0.3) is 0 Å². The fraction of sp³-hybridized carbons (Fsp3) is 0.211. The van der Waals surface area contributed by atoms with Gasteiger partial charge < -0.3 is 14.1 Å². The SMILES string of the molecule is CCN(Cc1ccc(Cl)s1)C(=O)c1ccc(COc2ccc(F)cc2)o1. The van der Waals surface area contributed by atoms with Gasteiger partial charge >= 0.3 is 0 Å². The Morgan fingerprint density at radius 2 is 1.96 bits per heavy atom. The second-order valence-electron chi connectivity index (χ2n) is 5.53. The largest absolute Gasteiger partial charge is 0.486 e. The topological polar surface area (TPSA) is 42.7 Å². The first-order chi connectivity index (χ1) is 12.5. The van der Waals surface area contributed by atoms with Gasteiger partial charge in [0.05, 0.1) is 10.9 Å². The van der Waals surface area contributed by atoms with Crippen LogP contribution in [-0.2, 0) is 13.2 Å². The summed E-state index contributed by atoms with van der Waals surface area (Å²) in [5.41, 5.74) is 0. The Balaban J connectivity index is 1.61. The molecule has 0 saturated heterocycles. The summed E-state index contributed by atoms with van der Waals surface area (Å²) in [6.07, 6.45) is 0. The Labute approximate surface area is 159 Å². The van der Waals surface area contributed by atoms with Crippen molar-refractivity contribution in [3.05, 3.63) is 75.1 Å². The Bertz CT molecular complexity index is 875. The molecule has 3 rings (SSSR count). The highest BCUT2D eigenvalue weighted by molar-refractivity contribution is 7.16. The third kappa shape index (κ3) is 4.65. The third-order valence-electron chi connectivity index (χ3n) is 3.71. The fourth-order valence-electron chi connectivity index (χ4n) is 2.36. The number of amides is 1. The monoisotopic (exact) mass is 393 g/mol. The summed E-state index contributed by atoms with van der Waals surface area (Å²) in [7, 11) is 0. The first-order valence-electron chi connectivity index (χ1n) is 8.05. The smallest absolute Gasteiger partial charge is 0.289 e. The van der Waals surface area contributed by atoms with E-state index in [9.17, 15) is 9.18 Å². The predicted octanol–water partition coefficient (Wildman–Crippen LogP) is 5.37. The Morgan fingerprint density at radius 3 is 2.62 bits per heavy atom. The van der Waals surface area contributed by atoms with Crippen LogP contribution >= 0.6 is 22.9 Å². The molecule has 1 amide bonds. The average Bonchev–Trinajstić information content (AvgIpc) is 3.27. The summed E-state index contributed by atoms with van der Waals surface area (Å²) in [6.45, 7) is 3.10. The van der Waals surface area contributed by atoms with Crippen molar-refractivity contribution in [2.45, 2.75) is 20.1 Å². The van der Waals surface area contributed by atoms with E-state index in [0.29, 0.717) is 28.9 Å². The number of carbonyl (C=O) groups is 1. The van der Waals surface area contributed by atoms with Crippen LogP contribution in [0.2, 0.25) is 4.34 Å². The van der Waals surface area contributed by atoms with Crippen LogP contribution in [0.4, 0.5) is 4.39 Å². The molecule has 0 bridgehead atoms. The average molecular weight is 394 g/mol. The van der Waals surface area contributed by atoms with Crippen LogP contribution in [0.5, 0.6) is 5.75 Å². The van der Waals surface area contributed by atoms with Gasteiger partial charge in [-0.2, -0.15) is 0 Å². The van der Waals surface area contributed by atoms with Gasteiger partial charge in [-0.1, -0.05) is 11.6 Å². The summed E-state index contributed by atoms with van der Waals surface area (Å²) >= 11 is 7.39. The molecule has 2 aromatic heterocycles. The van der Waals surface area contributed by atoms with Gasteiger partial charge in [0.25, 0.3) is 5.91 Å². The molecular weight excluding hydrogens is 377 g/mol. The summed E-state index contributed by atoms with van der Waals surface area (Å²) < 4.78 is 24.7. The summed E-state index contributed by atoms with van der Waals surface area (Å²) in [6, 6.07) is 12.8. The summed E-state index contributed by atoms with van der Waals surface area (Å²) in [4.78, 5) is 15.3. The summed E-state index contributed by atoms with van der Waals surface area (Å²) in [5, 5.41) is 0. The number of halogens is 2. The van der Waals surface area contributed by atoms with Crippen molar-refractivity contribution in [3.8, 4) is 5.75 Å². The van der Waals surface area contributed by atoms with Crippen LogP contribution in [0.15, 0.2) is 52.9 Å². The molecule has 0 aliphatic carbocycles. The van der Waals surface area contributed by atoms with E-state index in [1.54, 1.807) is 17.0 Å². The van der Waals surface area contributed by atoms with Gasteiger partial charge in [-0.05, 0) is 55.5 Å². The maximum absolute atomic E-state index is 12.9. The standard InChI is InChI=1S/C19H17ClFNO3S/c1-2-22(11-16-8-10-18(20)26-16)19(23)17-9-7-15(25-17)12-24-14-5-3-13(21)4-6-14/h3-10H,2,11-12H2,1H3. The molecular formula is C19H17ClFNO3S. The minimum atomic E-state index is -0.324. The van der Waals surface area contributed by atoms with Gasteiger partial charge in [-0.15, -0.1) is 11.3 Å². The highest BCUT2D eigenvalue weighted by Crippen LogP contribution is 2.23. The lowest BCUT2D eigenvalue weighted by Crippen LogP contribution is -2.29. The first-order valence-corrected chi connectivity index (χ1v) is 9.25. The zero-order valence-corrected chi connectivity index (χ0v) is 15.6. The van der Waals surface area contributed by atoms with Crippen molar-refractivity contribution in [2.24, 2.45) is 0 Å². The van der Waals surface area contributed by atoms with E-state index in [0.717, 1.165) is 4.88 Å². The van der Waals surface area contributed by atoms with Gasteiger partial charge in [0.15, 0.2) is 5.76 Å². The van der Waals surface area contributed by atoms with Crippen LogP contribution in [0.3, 0.4) is 0 Å². The molecule has 26 heavy (non-hydrogen) atoms. The van der Waals surface area contributed by atoms with Crippen molar-refractivity contribution in [1.82, 2.24) is 4.90 Å². The fourth-order valence-corrected chi connectivity index (χ4v) is 3.47. The Hall–Kier alpha value is -2.31. The van der Waals surface area contributed by atoms with E-state index >= 15 is 0 Å². The van der Waals surface area contributed by atoms with Crippen LogP contribution < -0.4 is 4.74 Å². The molecule has 0 aliphatic rings. The molecule has 2 heterocycles.